The molecule has 1 spiro atoms. The number of hydrogen-bond acceptors (Lipinski definition) is 7. The number of aliphatic hydroxyl groups is 3. The van der Waals surface area contributed by atoms with Crippen molar-refractivity contribution in [3.63, 3.8) is 0 Å². The third kappa shape index (κ3) is 4.01. The lowest BCUT2D eigenvalue weighted by Gasteiger charge is -2.59. The molecule has 226 valence electrons. The van der Waals surface area contributed by atoms with Crippen LogP contribution in [0.1, 0.15) is 92.4 Å². The molecule has 7 aliphatic rings. The van der Waals surface area contributed by atoms with E-state index in [1.807, 2.05) is 0 Å². The Morgan fingerprint density at radius 2 is 1.75 bits per heavy atom. The second-order valence-corrected chi connectivity index (χ2v) is 15.6. The molecule has 7 rings (SSSR count). The quantitative estimate of drug-likeness (QED) is 0.378. The maximum absolute atomic E-state index is 10.5. The smallest absolute Gasteiger partial charge is 0.186 e. The summed E-state index contributed by atoms with van der Waals surface area (Å²) in [4.78, 5) is 0. The van der Waals surface area contributed by atoms with Gasteiger partial charge in [0.25, 0.3) is 0 Å². The van der Waals surface area contributed by atoms with Crippen molar-refractivity contribution in [1.29, 1.82) is 0 Å². The molecule has 0 aromatic heterocycles. The third-order valence-electron chi connectivity index (χ3n) is 13.7. The first-order valence-corrected chi connectivity index (χ1v) is 16.4. The highest BCUT2D eigenvalue weighted by Crippen LogP contribution is 2.70. The molecule has 16 atom stereocenters. The fraction of sp³-hybridized carbons (Fsp3) is 0.939. The Bertz CT molecular complexity index is 1010. The largest absolute Gasteiger partial charge is 0.388 e. The van der Waals surface area contributed by atoms with E-state index in [1.165, 1.54) is 31.3 Å². The monoisotopic (exact) mass is 559 g/mol. The maximum Gasteiger partial charge on any atom is 0.186 e. The van der Waals surface area contributed by atoms with E-state index in [4.69, 9.17) is 14.2 Å². The van der Waals surface area contributed by atoms with Gasteiger partial charge >= 0.3 is 0 Å². The van der Waals surface area contributed by atoms with Crippen LogP contribution in [0.15, 0.2) is 11.6 Å². The Balaban J connectivity index is 1.06. The summed E-state index contributed by atoms with van der Waals surface area (Å²) >= 11 is 0. The summed E-state index contributed by atoms with van der Waals surface area (Å²) in [5, 5.41) is 34.7. The molecule has 3 saturated carbocycles. The molecule has 0 radical (unpaired) electrons. The van der Waals surface area contributed by atoms with Gasteiger partial charge in [0.2, 0.25) is 0 Å². The average molecular weight is 560 g/mol. The van der Waals surface area contributed by atoms with Crippen LogP contribution in [-0.4, -0.2) is 70.5 Å². The Hall–Kier alpha value is -0.540. The molecule has 0 aromatic rings. The molecule has 3 saturated heterocycles. The Morgan fingerprint density at radius 3 is 2.50 bits per heavy atom. The first-order chi connectivity index (χ1) is 19.0. The molecular formula is C33H53NO6. The normalized spacial score (nSPS) is 59.5. The van der Waals surface area contributed by atoms with Gasteiger partial charge in [-0.15, -0.1) is 0 Å². The molecule has 40 heavy (non-hydrogen) atoms. The predicted octanol–water partition coefficient (Wildman–Crippen LogP) is 4.14. The summed E-state index contributed by atoms with van der Waals surface area (Å²) in [5.41, 5.74) is 1.98. The van der Waals surface area contributed by atoms with Gasteiger partial charge in [0.05, 0.1) is 18.3 Å². The van der Waals surface area contributed by atoms with Crippen LogP contribution in [0.2, 0.25) is 0 Å². The first kappa shape index (κ1) is 28.2. The molecule has 3 heterocycles. The summed E-state index contributed by atoms with van der Waals surface area (Å²) in [5.74, 6) is 4.12. The molecule has 7 heteroatoms. The Morgan fingerprint density at radius 1 is 0.950 bits per heavy atom. The molecular weight excluding hydrogens is 506 g/mol. The molecule has 6 fully saturated rings. The predicted molar refractivity (Wildman–Crippen MR) is 151 cm³/mol. The Labute approximate surface area is 240 Å². The van der Waals surface area contributed by atoms with Gasteiger partial charge in [-0.05, 0) is 105 Å². The van der Waals surface area contributed by atoms with E-state index < -0.39 is 30.7 Å². The van der Waals surface area contributed by atoms with Crippen LogP contribution in [0.5, 0.6) is 0 Å². The van der Waals surface area contributed by atoms with Crippen LogP contribution in [0.4, 0.5) is 0 Å². The van der Waals surface area contributed by atoms with Gasteiger partial charge in [0, 0.05) is 12.5 Å². The van der Waals surface area contributed by atoms with Crippen molar-refractivity contribution in [3.05, 3.63) is 11.6 Å². The van der Waals surface area contributed by atoms with Crippen molar-refractivity contribution >= 4 is 0 Å². The van der Waals surface area contributed by atoms with E-state index in [0.717, 1.165) is 56.4 Å². The average Bonchev–Trinajstić information content (AvgIpc) is 3.37. The highest BCUT2D eigenvalue weighted by molar-refractivity contribution is 5.26. The van der Waals surface area contributed by atoms with Crippen molar-refractivity contribution < 1.29 is 29.5 Å². The van der Waals surface area contributed by atoms with E-state index in [-0.39, 0.29) is 17.2 Å². The summed E-state index contributed by atoms with van der Waals surface area (Å²) in [6, 6.07) is 0. The maximum atomic E-state index is 10.5. The summed E-state index contributed by atoms with van der Waals surface area (Å²) in [6.07, 6.45) is 8.12. The zero-order chi connectivity index (χ0) is 28.2. The molecule has 0 amide bonds. The van der Waals surface area contributed by atoms with Crippen molar-refractivity contribution in [3.8, 4) is 0 Å². The summed E-state index contributed by atoms with van der Waals surface area (Å²) < 4.78 is 19.1. The van der Waals surface area contributed by atoms with Gasteiger partial charge in [0.1, 0.15) is 24.0 Å². The number of ether oxygens (including phenoxy) is 3. The molecule has 4 N–H and O–H groups in total. The minimum Gasteiger partial charge on any atom is -0.388 e. The third-order valence-corrected chi connectivity index (χ3v) is 13.7. The molecule has 3 aliphatic heterocycles. The lowest BCUT2D eigenvalue weighted by molar-refractivity contribution is -0.305. The molecule has 7 nitrogen and oxygen atoms in total. The number of nitrogens with one attached hydrogen (secondary N) is 1. The second-order valence-electron chi connectivity index (χ2n) is 15.6. The zero-order valence-corrected chi connectivity index (χ0v) is 25.2. The number of hydrogen-bond donors (Lipinski definition) is 4. The molecule has 0 bridgehead atoms. The lowest BCUT2D eigenvalue weighted by Crippen LogP contribution is -2.58. The van der Waals surface area contributed by atoms with Crippen molar-refractivity contribution in [1.82, 2.24) is 5.32 Å². The minimum atomic E-state index is -1.25. The standard InChI is InChI=1S/C33H53NO6/c1-17-8-13-33(34-16-17)18(2)26-25(40-33)15-24-22-7-6-20-14-21(39-30-29(37)28(36)27(35)19(3)38-30)9-11-31(20,4)23(22)10-12-32(24,26)5/h6,17-19,21-30,34-37H,7-16H2,1-5H3/t17-,18+,19+,21+,22?,23?,24?,25?,26?,27+,28-,29-,30+,31+,32+,33?/m1/s1. The van der Waals surface area contributed by atoms with Crippen LogP contribution in [-0.2, 0) is 14.2 Å². The van der Waals surface area contributed by atoms with Gasteiger partial charge in [0.15, 0.2) is 6.29 Å². The molecule has 4 aliphatic carbocycles. The van der Waals surface area contributed by atoms with E-state index in [0.29, 0.717) is 29.3 Å². The number of rotatable bonds is 2. The van der Waals surface area contributed by atoms with Crippen molar-refractivity contribution in [2.75, 3.05) is 6.54 Å². The van der Waals surface area contributed by atoms with Gasteiger partial charge in [-0.3, -0.25) is 5.32 Å². The van der Waals surface area contributed by atoms with E-state index in [1.54, 1.807) is 6.92 Å². The summed E-state index contributed by atoms with van der Waals surface area (Å²) in [7, 11) is 0. The molecule has 0 aromatic carbocycles. The topological polar surface area (TPSA) is 100 Å². The number of aliphatic hydroxyl groups excluding tert-OH is 3. The fourth-order valence-electron chi connectivity index (χ4n) is 11.3. The lowest BCUT2D eigenvalue weighted by atomic mass is 9.47. The van der Waals surface area contributed by atoms with Gasteiger partial charge < -0.3 is 29.5 Å². The van der Waals surface area contributed by atoms with E-state index in [2.05, 4.69) is 39.1 Å². The van der Waals surface area contributed by atoms with Crippen LogP contribution in [0, 0.1) is 46.3 Å². The van der Waals surface area contributed by atoms with Crippen LogP contribution in [0.25, 0.3) is 0 Å². The number of fused-ring (bicyclic) bond motifs is 7. The highest BCUT2D eigenvalue weighted by atomic mass is 16.7. The van der Waals surface area contributed by atoms with Crippen molar-refractivity contribution in [2.24, 2.45) is 46.3 Å². The van der Waals surface area contributed by atoms with E-state index >= 15 is 0 Å². The van der Waals surface area contributed by atoms with E-state index in [9.17, 15) is 15.3 Å². The van der Waals surface area contributed by atoms with Crippen LogP contribution >= 0.6 is 0 Å². The van der Waals surface area contributed by atoms with Crippen LogP contribution in [0.3, 0.4) is 0 Å². The van der Waals surface area contributed by atoms with Crippen molar-refractivity contribution in [2.45, 2.75) is 141 Å². The highest BCUT2D eigenvalue weighted by Gasteiger charge is 2.68. The first-order valence-electron chi connectivity index (χ1n) is 16.4. The summed E-state index contributed by atoms with van der Waals surface area (Å²) in [6.45, 7) is 12.8. The molecule has 6 unspecified atom stereocenters. The number of piperidine rings is 1. The zero-order valence-electron chi connectivity index (χ0n) is 25.2. The van der Waals surface area contributed by atoms with Gasteiger partial charge in [-0.2, -0.15) is 0 Å². The second kappa shape index (κ2) is 9.73. The minimum absolute atomic E-state index is 0.0407. The Kier molecular flexibility index (Phi) is 6.87. The number of allylic oxidation sites excluding steroid dienone is 1. The van der Waals surface area contributed by atoms with Gasteiger partial charge in [-0.1, -0.05) is 39.3 Å². The SMILES string of the molecule is C[C@@H]1CCC2(NC1)OC1CC3C4CC=C5C[C@@H](O[C@@H]6O[C@@H](C)[C@H](O)[C@@H](O)[C@H]6O)CC[C@]5(C)C4CC[C@]3(C)C1[C@@H]2C. The van der Waals surface area contributed by atoms with Crippen LogP contribution < -0.4 is 5.32 Å². The van der Waals surface area contributed by atoms with Gasteiger partial charge in [-0.25, -0.2) is 0 Å². The fourth-order valence-corrected chi connectivity index (χ4v) is 11.3.